The molecule has 0 spiro atoms. The molecule has 0 aromatic rings. The molecule has 1 saturated heterocycles. The Morgan fingerprint density at radius 3 is 2.42 bits per heavy atom. The molecule has 0 aromatic carbocycles. The highest BCUT2D eigenvalue weighted by atomic mass is 16.6. The van der Waals surface area contributed by atoms with Crippen LogP contribution >= 0.6 is 0 Å². The van der Waals surface area contributed by atoms with Gasteiger partial charge >= 0.3 is 6.09 Å². The van der Waals surface area contributed by atoms with Gasteiger partial charge in [0, 0.05) is 0 Å². The molecule has 1 fully saturated rings. The van der Waals surface area contributed by atoms with E-state index in [4.69, 9.17) is 9.47 Å². The highest BCUT2D eigenvalue weighted by Crippen LogP contribution is 2.29. The number of rotatable bonds is 2. The van der Waals surface area contributed by atoms with Crippen molar-refractivity contribution >= 4 is 11.9 Å². The van der Waals surface area contributed by atoms with Gasteiger partial charge in [-0.15, -0.1) is 0 Å². The van der Waals surface area contributed by atoms with Crippen molar-refractivity contribution in [3.63, 3.8) is 0 Å². The Kier molecular flexibility index (Phi) is 4.40. The molecule has 0 N–H and O–H groups in total. The summed E-state index contributed by atoms with van der Waals surface area (Å²) in [5, 5.41) is 0. The predicted octanol–water partition coefficient (Wildman–Crippen LogP) is 2.50. The van der Waals surface area contributed by atoms with Crippen molar-refractivity contribution in [2.75, 3.05) is 6.61 Å². The van der Waals surface area contributed by atoms with E-state index in [9.17, 15) is 9.59 Å². The summed E-state index contributed by atoms with van der Waals surface area (Å²) in [6.07, 6.45) is 2.58. The maximum Gasteiger partial charge on any atom is 0.413 e. The van der Waals surface area contributed by atoms with E-state index in [0.29, 0.717) is 0 Å². The summed E-state index contributed by atoms with van der Waals surface area (Å²) in [6.45, 7) is 10.8. The summed E-state index contributed by atoms with van der Waals surface area (Å²) >= 11 is 0. The summed E-state index contributed by atoms with van der Waals surface area (Å²) < 4.78 is 10.9. The topological polar surface area (TPSA) is 55.8 Å². The monoisotopic (exact) mass is 269 g/mol. The van der Waals surface area contributed by atoms with Crippen molar-refractivity contribution in [1.29, 1.82) is 0 Å². The van der Waals surface area contributed by atoms with Gasteiger partial charge in [-0.05, 0) is 47.6 Å². The highest BCUT2D eigenvalue weighted by Gasteiger charge is 2.47. The lowest BCUT2D eigenvalue weighted by molar-refractivity contribution is -0.120. The van der Waals surface area contributed by atoms with Gasteiger partial charge in [-0.2, -0.15) is 0 Å². The molecule has 1 unspecified atom stereocenters. The lowest BCUT2D eigenvalue weighted by Crippen LogP contribution is -2.51. The van der Waals surface area contributed by atoms with Crippen LogP contribution in [0, 0.1) is 0 Å². The van der Waals surface area contributed by atoms with Crippen LogP contribution < -0.4 is 0 Å². The average Bonchev–Trinajstić information content (AvgIpc) is 2.51. The van der Waals surface area contributed by atoms with Gasteiger partial charge < -0.3 is 9.47 Å². The molecule has 0 bridgehead atoms. The van der Waals surface area contributed by atoms with Gasteiger partial charge in [0.25, 0.3) is 0 Å². The number of ketones is 1. The average molecular weight is 269 g/mol. The van der Waals surface area contributed by atoms with E-state index in [2.05, 4.69) is 0 Å². The number of allylic oxidation sites excluding steroid dienone is 1. The first-order valence-electron chi connectivity index (χ1n) is 6.41. The van der Waals surface area contributed by atoms with Crippen molar-refractivity contribution in [3.05, 3.63) is 12.2 Å². The first-order chi connectivity index (χ1) is 8.58. The van der Waals surface area contributed by atoms with E-state index in [1.807, 2.05) is 0 Å². The van der Waals surface area contributed by atoms with E-state index < -0.39 is 23.5 Å². The molecule has 1 rings (SSSR count). The molecule has 0 aliphatic carbocycles. The Bertz CT molecular complexity index is 393. The van der Waals surface area contributed by atoms with Gasteiger partial charge in [-0.25, -0.2) is 4.79 Å². The molecular formula is C14H23NO4. The van der Waals surface area contributed by atoms with Crippen LogP contribution in [0.15, 0.2) is 12.2 Å². The second-order valence-electron chi connectivity index (χ2n) is 6.03. The molecule has 19 heavy (non-hydrogen) atoms. The van der Waals surface area contributed by atoms with Crippen LogP contribution in [0.3, 0.4) is 0 Å². The van der Waals surface area contributed by atoms with Crippen LogP contribution in [0.25, 0.3) is 0 Å². The van der Waals surface area contributed by atoms with Gasteiger partial charge in [-0.3, -0.25) is 9.69 Å². The molecule has 5 nitrogen and oxygen atoms in total. The third-order valence-electron chi connectivity index (χ3n) is 2.74. The number of ether oxygens (including phenoxy) is 2. The number of nitrogens with zero attached hydrogens (tertiary/aromatic N) is 1. The number of carbonyl (C=O) groups excluding carboxylic acids is 2. The van der Waals surface area contributed by atoms with Crippen molar-refractivity contribution in [3.8, 4) is 0 Å². The zero-order valence-corrected chi connectivity index (χ0v) is 12.5. The Morgan fingerprint density at radius 1 is 1.37 bits per heavy atom. The zero-order chi connectivity index (χ0) is 14.8. The Morgan fingerprint density at radius 2 is 1.95 bits per heavy atom. The smallest absolute Gasteiger partial charge is 0.413 e. The second kappa shape index (κ2) is 5.33. The van der Waals surface area contributed by atoms with Crippen LogP contribution in [0.1, 0.15) is 41.5 Å². The van der Waals surface area contributed by atoms with E-state index >= 15 is 0 Å². The van der Waals surface area contributed by atoms with Crippen LogP contribution in [0.4, 0.5) is 4.79 Å². The first kappa shape index (κ1) is 15.7. The maximum atomic E-state index is 12.2. The second-order valence-corrected chi connectivity index (χ2v) is 6.03. The zero-order valence-electron chi connectivity index (χ0n) is 12.5. The summed E-state index contributed by atoms with van der Waals surface area (Å²) in [7, 11) is 0. The molecule has 0 radical (unpaired) electrons. The minimum atomic E-state index is -0.843. The number of carbonyl (C=O) groups is 2. The third-order valence-corrected chi connectivity index (χ3v) is 2.74. The molecule has 108 valence electrons. The number of hydrogen-bond donors (Lipinski definition) is 0. The molecule has 0 aromatic heterocycles. The van der Waals surface area contributed by atoms with Crippen molar-refractivity contribution < 1.29 is 19.1 Å². The van der Waals surface area contributed by atoms with Crippen molar-refractivity contribution in [2.45, 2.75) is 58.9 Å². The van der Waals surface area contributed by atoms with Gasteiger partial charge in [0.15, 0.2) is 5.78 Å². The van der Waals surface area contributed by atoms with Gasteiger partial charge in [0.2, 0.25) is 0 Å². The standard InChI is InChI=1S/C14H23NO4/c1-7-8-11(16)10-9-18-14(5,6)15(10)12(17)19-13(2,3)4/h7-8,10H,9H2,1-6H3/b8-7+. The third kappa shape index (κ3) is 3.80. The van der Waals surface area contributed by atoms with E-state index in [-0.39, 0.29) is 12.4 Å². The van der Waals surface area contributed by atoms with Gasteiger partial charge in [0.05, 0.1) is 6.61 Å². The molecule has 1 heterocycles. The number of amides is 1. The SMILES string of the molecule is C/C=C/C(=O)C1COC(C)(C)N1C(=O)OC(C)(C)C. The molecule has 1 atom stereocenters. The fraction of sp³-hybridized carbons (Fsp3) is 0.714. The van der Waals surface area contributed by atoms with Crippen LogP contribution in [-0.4, -0.2) is 40.8 Å². The summed E-state index contributed by atoms with van der Waals surface area (Å²) in [6, 6.07) is -0.624. The lowest BCUT2D eigenvalue weighted by atomic mass is 10.1. The highest BCUT2D eigenvalue weighted by molar-refractivity contribution is 5.96. The lowest BCUT2D eigenvalue weighted by Gasteiger charge is -2.34. The van der Waals surface area contributed by atoms with Crippen LogP contribution in [0.2, 0.25) is 0 Å². The Labute approximate surface area is 114 Å². The van der Waals surface area contributed by atoms with E-state index in [1.54, 1.807) is 47.6 Å². The number of hydrogen-bond acceptors (Lipinski definition) is 4. The van der Waals surface area contributed by atoms with Gasteiger partial charge in [-0.1, -0.05) is 6.08 Å². The maximum absolute atomic E-state index is 12.2. The summed E-state index contributed by atoms with van der Waals surface area (Å²) in [5.41, 5.74) is -1.45. The molecule has 1 aliphatic rings. The predicted molar refractivity (Wildman–Crippen MR) is 71.7 cm³/mol. The van der Waals surface area contributed by atoms with Crippen LogP contribution in [0.5, 0.6) is 0 Å². The fourth-order valence-electron chi connectivity index (χ4n) is 1.95. The first-order valence-corrected chi connectivity index (χ1v) is 6.41. The Hall–Kier alpha value is -1.36. The quantitative estimate of drug-likeness (QED) is 0.723. The van der Waals surface area contributed by atoms with Crippen LogP contribution in [-0.2, 0) is 14.3 Å². The Balaban J connectivity index is 2.96. The van der Waals surface area contributed by atoms with E-state index in [1.165, 1.54) is 11.0 Å². The van der Waals surface area contributed by atoms with Gasteiger partial charge in [0.1, 0.15) is 17.4 Å². The van der Waals surface area contributed by atoms with Crippen molar-refractivity contribution in [1.82, 2.24) is 4.90 Å². The van der Waals surface area contributed by atoms with Crippen molar-refractivity contribution in [2.24, 2.45) is 0 Å². The fourth-order valence-corrected chi connectivity index (χ4v) is 1.95. The molecule has 1 aliphatic heterocycles. The normalized spacial score (nSPS) is 22.8. The largest absolute Gasteiger partial charge is 0.444 e. The summed E-state index contributed by atoms with van der Waals surface area (Å²) in [4.78, 5) is 25.6. The minimum absolute atomic E-state index is 0.154. The molecular weight excluding hydrogens is 246 g/mol. The summed E-state index contributed by atoms with van der Waals surface area (Å²) in [5.74, 6) is -0.154. The van der Waals surface area contributed by atoms with E-state index in [0.717, 1.165) is 0 Å². The minimum Gasteiger partial charge on any atom is -0.444 e. The molecule has 5 heteroatoms. The molecule has 0 saturated carbocycles. The molecule has 1 amide bonds.